The summed E-state index contributed by atoms with van der Waals surface area (Å²) in [6.45, 7) is 5.37. The van der Waals surface area contributed by atoms with E-state index in [9.17, 15) is 0 Å². The van der Waals surface area contributed by atoms with Crippen LogP contribution in [-0.4, -0.2) is 48.4 Å². The number of ether oxygens (including phenoxy) is 1. The summed E-state index contributed by atoms with van der Waals surface area (Å²) in [5.41, 5.74) is 0.941. The van der Waals surface area contributed by atoms with Crippen LogP contribution >= 0.6 is 12.2 Å². The molecule has 0 aromatic carbocycles. The maximum Gasteiger partial charge on any atom is 0.231 e. The number of aryl methyl sites for hydroxylation is 1. The Bertz CT molecular complexity index is 489. The van der Waals surface area contributed by atoms with Crippen molar-refractivity contribution < 1.29 is 4.74 Å². The minimum absolute atomic E-state index is 0.518. The Morgan fingerprint density at radius 2 is 2.00 bits per heavy atom. The number of rotatable bonds is 5. The molecule has 7 heteroatoms. The first-order chi connectivity index (χ1) is 10.7. The number of nitrogens with one attached hydrogen (secondary N) is 2. The summed E-state index contributed by atoms with van der Waals surface area (Å²) in [4.78, 5) is 11.4. The molecule has 0 radical (unpaired) electrons. The van der Waals surface area contributed by atoms with E-state index in [1.807, 2.05) is 13.0 Å². The van der Waals surface area contributed by atoms with E-state index in [1.165, 1.54) is 25.7 Å². The van der Waals surface area contributed by atoms with Crippen LogP contribution in [0.2, 0.25) is 0 Å². The van der Waals surface area contributed by atoms with Gasteiger partial charge in [0.2, 0.25) is 5.95 Å². The van der Waals surface area contributed by atoms with E-state index in [0.717, 1.165) is 24.6 Å². The van der Waals surface area contributed by atoms with Crippen LogP contribution in [0, 0.1) is 6.92 Å². The summed E-state index contributed by atoms with van der Waals surface area (Å²) < 4.78 is 4.98. The van der Waals surface area contributed by atoms with Crippen molar-refractivity contribution in [2.45, 2.75) is 32.6 Å². The monoisotopic (exact) mass is 323 g/mol. The molecule has 0 spiro atoms. The number of thiocarbonyl (C=S) groups is 1. The highest BCUT2D eigenvalue weighted by Gasteiger charge is 2.13. The Morgan fingerprint density at radius 3 is 2.68 bits per heavy atom. The van der Waals surface area contributed by atoms with Gasteiger partial charge in [-0.05, 0) is 32.0 Å². The van der Waals surface area contributed by atoms with E-state index in [0.29, 0.717) is 24.2 Å². The fraction of sp³-hybridized carbons (Fsp3) is 0.667. The third kappa shape index (κ3) is 5.38. The summed E-state index contributed by atoms with van der Waals surface area (Å²) in [6.07, 6.45) is 5.06. The molecule has 22 heavy (non-hydrogen) atoms. The SMILES string of the molecule is COCCNC(=S)Nc1nc(C)cc(N2CCCCCC2)n1. The minimum Gasteiger partial charge on any atom is -0.383 e. The van der Waals surface area contributed by atoms with Gasteiger partial charge in [0, 0.05) is 38.5 Å². The first-order valence-corrected chi connectivity index (χ1v) is 8.24. The van der Waals surface area contributed by atoms with Crippen molar-refractivity contribution in [3.05, 3.63) is 11.8 Å². The van der Waals surface area contributed by atoms with Crippen LogP contribution in [0.5, 0.6) is 0 Å². The molecule has 0 bridgehead atoms. The van der Waals surface area contributed by atoms with Gasteiger partial charge in [0.25, 0.3) is 0 Å². The lowest BCUT2D eigenvalue weighted by molar-refractivity contribution is 0.204. The van der Waals surface area contributed by atoms with E-state index in [4.69, 9.17) is 17.0 Å². The van der Waals surface area contributed by atoms with E-state index in [1.54, 1.807) is 7.11 Å². The molecule has 2 N–H and O–H groups in total. The van der Waals surface area contributed by atoms with Crippen LogP contribution in [0.15, 0.2) is 6.07 Å². The molecule has 0 saturated carbocycles. The highest BCUT2D eigenvalue weighted by molar-refractivity contribution is 7.80. The van der Waals surface area contributed by atoms with Crippen molar-refractivity contribution in [3.8, 4) is 0 Å². The van der Waals surface area contributed by atoms with Crippen LogP contribution in [0.25, 0.3) is 0 Å². The zero-order chi connectivity index (χ0) is 15.8. The average Bonchev–Trinajstić information content (AvgIpc) is 2.76. The van der Waals surface area contributed by atoms with Gasteiger partial charge in [0.05, 0.1) is 6.61 Å². The number of methoxy groups -OCH3 is 1. The quantitative estimate of drug-likeness (QED) is 0.635. The highest BCUT2D eigenvalue weighted by Crippen LogP contribution is 2.19. The molecule has 2 heterocycles. The molecule has 0 atom stereocenters. The summed E-state index contributed by atoms with van der Waals surface area (Å²) >= 11 is 5.24. The van der Waals surface area contributed by atoms with Crippen molar-refractivity contribution in [3.63, 3.8) is 0 Å². The molecule has 1 fully saturated rings. The molecule has 0 aliphatic carbocycles. The molecule has 0 unspecified atom stereocenters. The van der Waals surface area contributed by atoms with E-state index >= 15 is 0 Å². The van der Waals surface area contributed by atoms with Gasteiger partial charge in [0.1, 0.15) is 5.82 Å². The second-order valence-electron chi connectivity index (χ2n) is 5.47. The van der Waals surface area contributed by atoms with Gasteiger partial charge < -0.3 is 20.3 Å². The summed E-state index contributed by atoms with van der Waals surface area (Å²) in [6, 6.07) is 2.04. The van der Waals surface area contributed by atoms with Crippen LogP contribution in [-0.2, 0) is 4.74 Å². The second-order valence-corrected chi connectivity index (χ2v) is 5.87. The highest BCUT2D eigenvalue weighted by atomic mass is 32.1. The third-order valence-corrected chi connectivity index (χ3v) is 3.83. The van der Waals surface area contributed by atoms with Crippen molar-refractivity contribution in [2.24, 2.45) is 0 Å². The van der Waals surface area contributed by atoms with Crippen LogP contribution in [0.3, 0.4) is 0 Å². The normalized spacial score (nSPS) is 15.3. The zero-order valence-corrected chi connectivity index (χ0v) is 14.2. The van der Waals surface area contributed by atoms with Crippen LogP contribution in [0.4, 0.5) is 11.8 Å². The minimum atomic E-state index is 0.518. The Kier molecular flexibility index (Phi) is 6.79. The maximum atomic E-state index is 5.24. The Morgan fingerprint density at radius 1 is 1.27 bits per heavy atom. The topological polar surface area (TPSA) is 62.3 Å². The fourth-order valence-corrected chi connectivity index (χ4v) is 2.68. The lowest BCUT2D eigenvalue weighted by Crippen LogP contribution is -2.32. The van der Waals surface area contributed by atoms with Crippen LogP contribution < -0.4 is 15.5 Å². The fourth-order valence-electron chi connectivity index (χ4n) is 2.48. The Labute approximate surface area is 137 Å². The lowest BCUT2D eigenvalue weighted by Gasteiger charge is -2.22. The van der Waals surface area contributed by atoms with Gasteiger partial charge in [0.15, 0.2) is 5.11 Å². The summed E-state index contributed by atoms with van der Waals surface area (Å²) in [5.74, 6) is 1.53. The van der Waals surface area contributed by atoms with Gasteiger partial charge in [-0.2, -0.15) is 4.98 Å². The molecular weight excluding hydrogens is 298 g/mol. The molecule has 1 aliphatic heterocycles. The number of anilines is 2. The van der Waals surface area contributed by atoms with Gasteiger partial charge >= 0.3 is 0 Å². The molecule has 122 valence electrons. The van der Waals surface area contributed by atoms with E-state index in [-0.39, 0.29) is 0 Å². The predicted molar refractivity (Wildman–Crippen MR) is 93.5 cm³/mol. The molecule has 1 aliphatic rings. The number of hydrogen-bond donors (Lipinski definition) is 2. The Balaban J connectivity index is 2.01. The van der Waals surface area contributed by atoms with E-state index in [2.05, 4.69) is 25.5 Å². The number of hydrogen-bond acceptors (Lipinski definition) is 5. The molecule has 1 saturated heterocycles. The van der Waals surface area contributed by atoms with Crippen LogP contribution in [0.1, 0.15) is 31.4 Å². The van der Waals surface area contributed by atoms with Gasteiger partial charge in [-0.25, -0.2) is 4.98 Å². The van der Waals surface area contributed by atoms with Crippen molar-refractivity contribution >= 4 is 29.1 Å². The molecule has 2 rings (SSSR count). The summed E-state index contributed by atoms with van der Waals surface area (Å²) in [7, 11) is 1.66. The predicted octanol–water partition coefficient (Wildman–Crippen LogP) is 2.10. The van der Waals surface area contributed by atoms with E-state index < -0.39 is 0 Å². The second kappa shape index (κ2) is 8.85. The number of aromatic nitrogens is 2. The molecule has 6 nitrogen and oxygen atoms in total. The molecule has 1 aromatic rings. The molecule has 0 amide bonds. The van der Waals surface area contributed by atoms with Gasteiger partial charge in [-0.3, -0.25) is 0 Å². The van der Waals surface area contributed by atoms with Crippen molar-refractivity contribution in [2.75, 3.05) is 43.6 Å². The number of nitrogens with zero attached hydrogens (tertiary/aromatic N) is 3. The molecular formula is C15H25N5OS. The zero-order valence-electron chi connectivity index (χ0n) is 13.4. The van der Waals surface area contributed by atoms with Gasteiger partial charge in [-0.15, -0.1) is 0 Å². The summed E-state index contributed by atoms with van der Waals surface area (Å²) in [5, 5.41) is 6.63. The largest absolute Gasteiger partial charge is 0.383 e. The van der Waals surface area contributed by atoms with Crippen molar-refractivity contribution in [1.82, 2.24) is 15.3 Å². The Hall–Kier alpha value is -1.47. The maximum absolute atomic E-state index is 5.24. The first kappa shape index (κ1) is 16.9. The van der Waals surface area contributed by atoms with Crippen molar-refractivity contribution in [1.29, 1.82) is 0 Å². The van der Waals surface area contributed by atoms with Gasteiger partial charge in [-0.1, -0.05) is 12.8 Å². The first-order valence-electron chi connectivity index (χ1n) is 7.83. The third-order valence-electron chi connectivity index (χ3n) is 3.59. The molecule has 1 aromatic heterocycles. The lowest BCUT2D eigenvalue weighted by atomic mass is 10.2. The smallest absolute Gasteiger partial charge is 0.231 e. The average molecular weight is 323 g/mol. The standard InChI is InChI=1S/C15H25N5OS/c1-12-11-13(20-8-5-3-4-6-9-20)18-14(17-12)19-15(22)16-7-10-21-2/h11H,3-10H2,1-2H3,(H2,16,17,18,19,22).